The number of hydrogen-bond donors (Lipinski definition) is 1. The van der Waals surface area contributed by atoms with Gasteiger partial charge in [0.25, 0.3) is 0 Å². The molecule has 5 heteroatoms. The normalized spacial score (nSPS) is 15.3. The number of nitrogens with one attached hydrogen (secondary N) is 1. The van der Waals surface area contributed by atoms with E-state index < -0.39 is 0 Å². The van der Waals surface area contributed by atoms with E-state index in [4.69, 9.17) is 34.8 Å². The highest BCUT2D eigenvalue weighted by molar-refractivity contribution is 6.43. The van der Waals surface area contributed by atoms with Crippen molar-refractivity contribution in [3.05, 3.63) is 63.1 Å². The summed E-state index contributed by atoms with van der Waals surface area (Å²) in [6.45, 7) is 0. The van der Waals surface area contributed by atoms with Gasteiger partial charge in [0.05, 0.1) is 15.4 Å². The first-order chi connectivity index (χ1) is 10.1. The van der Waals surface area contributed by atoms with Crippen LogP contribution in [0.4, 0.5) is 5.69 Å². The van der Waals surface area contributed by atoms with Gasteiger partial charge in [-0.2, -0.15) is 0 Å². The Labute approximate surface area is 138 Å². The Bertz CT molecular complexity index is 715. The van der Waals surface area contributed by atoms with Crippen LogP contribution in [0.15, 0.2) is 36.4 Å². The third kappa shape index (κ3) is 2.89. The summed E-state index contributed by atoms with van der Waals surface area (Å²) in [6, 6.07) is 11.2. The van der Waals surface area contributed by atoms with Gasteiger partial charge in [0.1, 0.15) is 0 Å². The van der Waals surface area contributed by atoms with Crippen molar-refractivity contribution in [2.24, 2.45) is 0 Å². The van der Waals surface area contributed by atoms with Gasteiger partial charge in [0.15, 0.2) is 0 Å². The Morgan fingerprint density at radius 2 is 1.90 bits per heavy atom. The van der Waals surface area contributed by atoms with Crippen LogP contribution in [0.2, 0.25) is 10.0 Å². The summed E-state index contributed by atoms with van der Waals surface area (Å²) >= 11 is 18.8. The van der Waals surface area contributed by atoms with E-state index >= 15 is 0 Å². The number of carbonyl (C=O) groups is 1. The zero-order chi connectivity index (χ0) is 15.0. The molecule has 1 N–H and O–H groups in total. The molecule has 0 radical (unpaired) electrons. The standard InChI is InChI=1S/C16H12Cl3NO/c17-12-3-1-2-11(16(12)19)15(18)10-4-6-13-9(8-10)5-7-14(21)20-13/h1-4,6,8,15H,5,7H2,(H,20,21). The Balaban J connectivity index is 1.97. The molecule has 0 aromatic heterocycles. The number of alkyl halides is 1. The van der Waals surface area contributed by atoms with Crippen molar-refractivity contribution < 1.29 is 4.79 Å². The average molecular weight is 341 g/mol. The summed E-state index contributed by atoms with van der Waals surface area (Å²) in [5.74, 6) is 0.0514. The molecule has 0 saturated carbocycles. The number of hydrogen-bond acceptors (Lipinski definition) is 1. The molecule has 0 saturated heterocycles. The SMILES string of the molecule is O=C1CCc2cc(C(Cl)c3cccc(Cl)c3Cl)ccc2N1. The molecular weight excluding hydrogens is 329 g/mol. The van der Waals surface area contributed by atoms with Gasteiger partial charge in [0.2, 0.25) is 5.91 Å². The maximum absolute atomic E-state index is 11.4. The van der Waals surface area contributed by atoms with Crippen molar-refractivity contribution in [2.75, 3.05) is 5.32 Å². The van der Waals surface area contributed by atoms with Gasteiger partial charge in [-0.15, -0.1) is 11.6 Å². The molecule has 2 aromatic rings. The highest BCUT2D eigenvalue weighted by atomic mass is 35.5. The average Bonchev–Trinajstić information content (AvgIpc) is 2.49. The lowest BCUT2D eigenvalue weighted by molar-refractivity contribution is -0.116. The van der Waals surface area contributed by atoms with Crippen LogP contribution in [0.25, 0.3) is 0 Å². The van der Waals surface area contributed by atoms with E-state index in [1.165, 1.54) is 0 Å². The van der Waals surface area contributed by atoms with Gasteiger partial charge in [0, 0.05) is 12.1 Å². The van der Waals surface area contributed by atoms with E-state index in [1.54, 1.807) is 6.07 Å². The minimum absolute atomic E-state index is 0.0514. The van der Waals surface area contributed by atoms with Gasteiger partial charge in [-0.25, -0.2) is 0 Å². The van der Waals surface area contributed by atoms with Crippen molar-refractivity contribution in [3.8, 4) is 0 Å². The highest BCUT2D eigenvalue weighted by Crippen LogP contribution is 2.38. The Kier molecular flexibility index (Phi) is 4.12. The number of rotatable bonds is 2. The fourth-order valence-corrected chi connectivity index (χ4v) is 3.25. The molecule has 21 heavy (non-hydrogen) atoms. The van der Waals surface area contributed by atoms with E-state index in [1.807, 2.05) is 30.3 Å². The van der Waals surface area contributed by atoms with Crippen LogP contribution < -0.4 is 5.32 Å². The Morgan fingerprint density at radius 1 is 1.10 bits per heavy atom. The number of benzene rings is 2. The maximum atomic E-state index is 11.4. The first-order valence-electron chi connectivity index (χ1n) is 6.57. The molecule has 2 aromatic carbocycles. The van der Waals surface area contributed by atoms with Crippen LogP contribution in [-0.2, 0) is 11.2 Å². The molecule has 2 nitrogen and oxygen atoms in total. The predicted molar refractivity (Wildman–Crippen MR) is 87.6 cm³/mol. The Hall–Kier alpha value is -1.22. The van der Waals surface area contributed by atoms with E-state index in [-0.39, 0.29) is 11.3 Å². The summed E-state index contributed by atoms with van der Waals surface area (Å²) < 4.78 is 0. The Morgan fingerprint density at radius 3 is 2.71 bits per heavy atom. The van der Waals surface area contributed by atoms with E-state index in [9.17, 15) is 4.79 Å². The first kappa shape index (κ1) is 14.7. The molecule has 1 amide bonds. The second-order valence-corrected chi connectivity index (χ2v) is 6.19. The van der Waals surface area contributed by atoms with Crippen molar-refractivity contribution >= 4 is 46.4 Å². The van der Waals surface area contributed by atoms with Crippen LogP contribution in [0.3, 0.4) is 0 Å². The lowest BCUT2D eigenvalue weighted by Crippen LogP contribution is -2.19. The molecular formula is C16H12Cl3NO. The van der Waals surface area contributed by atoms with E-state index in [0.717, 1.165) is 28.8 Å². The zero-order valence-electron chi connectivity index (χ0n) is 11.0. The molecule has 0 fully saturated rings. The molecule has 1 aliphatic heterocycles. The number of anilines is 1. The fraction of sp³-hybridized carbons (Fsp3) is 0.188. The number of fused-ring (bicyclic) bond motifs is 1. The zero-order valence-corrected chi connectivity index (χ0v) is 13.3. The predicted octanol–water partition coefficient (Wildman–Crippen LogP) is 5.21. The summed E-state index contributed by atoms with van der Waals surface area (Å²) in [6.07, 6.45) is 1.23. The quantitative estimate of drug-likeness (QED) is 0.747. The van der Waals surface area contributed by atoms with Crippen LogP contribution in [0, 0.1) is 0 Å². The van der Waals surface area contributed by atoms with Gasteiger partial charge < -0.3 is 5.32 Å². The van der Waals surface area contributed by atoms with E-state index in [0.29, 0.717) is 16.5 Å². The monoisotopic (exact) mass is 339 g/mol. The number of amides is 1. The third-order valence-corrected chi connectivity index (χ3v) is 4.89. The fourth-order valence-electron chi connectivity index (χ4n) is 2.46. The van der Waals surface area contributed by atoms with Crippen LogP contribution in [0.5, 0.6) is 0 Å². The van der Waals surface area contributed by atoms with E-state index in [2.05, 4.69) is 5.32 Å². The maximum Gasteiger partial charge on any atom is 0.224 e. The second kappa shape index (κ2) is 5.88. The third-order valence-electron chi connectivity index (χ3n) is 3.57. The lowest BCUT2D eigenvalue weighted by atomic mass is 9.97. The van der Waals surface area contributed by atoms with Gasteiger partial charge in [-0.05, 0) is 35.2 Å². The number of carbonyl (C=O) groups excluding carboxylic acids is 1. The molecule has 1 atom stereocenters. The lowest BCUT2D eigenvalue weighted by Gasteiger charge is -2.19. The minimum Gasteiger partial charge on any atom is -0.326 e. The van der Waals surface area contributed by atoms with Gasteiger partial charge in [-0.3, -0.25) is 4.79 Å². The molecule has 3 rings (SSSR count). The molecule has 1 unspecified atom stereocenters. The van der Waals surface area contributed by atoms with Crippen LogP contribution in [-0.4, -0.2) is 5.91 Å². The van der Waals surface area contributed by atoms with Crippen molar-refractivity contribution in [1.29, 1.82) is 0 Å². The second-order valence-electron chi connectivity index (χ2n) is 4.97. The number of aryl methyl sites for hydroxylation is 1. The summed E-state index contributed by atoms with van der Waals surface area (Å²) in [5.41, 5.74) is 3.67. The molecule has 0 spiro atoms. The highest BCUT2D eigenvalue weighted by Gasteiger charge is 2.19. The summed E-state index contributed by atoms with van der Waals surface area (Å²) in [7, 11) is 0. The topological polar surface area (TPSA) is 29.1 Å². The molecule has 1 aliphatic rings. The summed E-state index contributed by atoms with van der Waals surface area (Å²) in [4.78, 5) is 11.4. The molecule has 108 valence electrons. The minimum atomic E-state index is -0.376. The largest absolute Gasteiger partial charge is 0.326 e. The first-order valence-corrected chi connectivity index (χ1v) is 7.76. The van der Waals surface area contributed by atoms with Crippen molar-refractivity contribution in [3.63, 3.8) is 0 Å². The van der Waals surface area contributed by atoms with Crippen molar-refractivity contribution in [1.82, 2.24) is 0 Å². The summed E-state index contributed by atoms with van der Waals surface area (Å²) in [5, 5.41) is 3.45. The van der Waals surface area contributed by atoms with Gasteiger partial charge >= 0.3 is 0 Å². The molecule has 0 bridgehead atoms. The van der Waals surface area contributed by atoms with Gasteiger partial charge in [-0.1, -0.05) is 47.5 Å². The van der Waals surface area contributed by atoms with Crippen molar-refractivity contribution in [2.45, 2.75) is 18.2 Å². The molecule has 1 heterocycles. The smallest absolute Gasteiger partial charge is 0.224 e. The van der Waals surface area contributed by atoms with Crippen LogP contribution in [0.1, 0.15) is 28.5 Å². The van der Waals surface area contributed by atoms with Crippen LogP contribution >= 0.6 is 34.8 Å². The molecule has 0 aliphatic carbocycles. The number of halogens is 3.